The van der Waals surface area contributed by atoms with E-state index < -0.39 is 6.10 Å². The number of carbonyl (C=O) groups is 3. The SMILES string of the molecule is CC/C=C\C/C=C\C/C=C\C/C=C\C/C=C\C/C=C\C/C=C\CCCC(=O)OCC(COC(=O)CCCCCCC/C=C\C/C=C\CCCCCC)OC(=O)CCCCCCCCCCC/C=C\CCCCCCCC. The molecule has 0 N–H and O–H groups in total. The van der Waals surface area contributed by atoms with Crippen molar-refractivity contribution in [3.05, 3.63) is 122 Å². The van der Waals surface area contributed by atoms with Crippen LogP contribution in [-0.2, 0) is 28.6 Å². The molecule has 0 aliphatic heterocycles. The van der Waals surface area contributed by atoms with Gasteiger partial charge in [-0.15, -0.1) is 0 Å². The van der Waals surface area contributed by atoms with E-state index in [2.05, 4.69) is 142 Å². The van der Waals surface area contributed by atoms with Gasteiger partial charge in [0.05, 0.1) is 0 Å². The molecule has 0 amide bonds. The summed E-state index contributed by atoms with van der Waals surface area (Å²) < 4.78 is 16.9. The first kappa shape index (κ1) is 71.8. The van der Waals surface area contributed by atoms with Crippen LogP contribution in [0.5, 0.6) is 0 Å². The molecular weight excluding hydrogens is 937 g/mol. The molecule has 0 saturated heterocycles. The largest absolute Gasteiger partial charge is 0.462 e. The number of unbranched alkanes of at least 4 members (excludes halogenated alkanes) is 25. The van der Waals surface area contributed by atoms with Gasteiger partial charge in [0.1, 0.15) is 13.2 Å². The van der Waals surface area contributed by atoms with Gasteiger partial charge in [-0.3, -0.25) is 14.4 Å². The predicted molar refractivity (Wildman–Crippen MR) is 330 cm³/mol. The first-order chi connectivity index (χ1) is 37.5. The summed E-state index contributed by atoms with van der Waals surface area (Å²) in [5, 5.41) is 0. The van der Waals surface area contributed by atoms with Crippen molar-refractivity contribution in [1.82, 2.24) is 0 Å². The predicted octanol–water partition coefficient (Wildman–Crippen LogP) is 21.6. The second kappa shape index (κ2) is 63.3. The molecule has 0 rings (SSSR count). The summed E-state index contributed by atoms with van der Waals surface area (Å²) in [4.78, 5) is 38.3. The van der Waals surface area contributed by atoms with Crippen molar-refractivity contribution >= 4 is 17.9 Å². The van der Waals surface area contributed by atoms with E-state index in [-0.39, 0.29) is 37.5 Å². The van der Waals surface area contributed by atoms with Gasteiger partial charge in [0, 0.05) is 19.3 Å². The van der Waals surface area contributed by atoms with E-state index in [4.69, 9.17) is 14.2 Å². The molecule has 0 fully saturated rings. The Morgan fingerprint density at radius 2 is 0.526 bits per heavy atom. The molecule has 0 aromatic carbocycles. The lowest BCUT2D eigenvalue weighted by Crippen LogP contribution is -2.30. The molecule has 0 bridgehead atoms. The third-order valence-corrected chi connectivity index (χ3v) is 13.2. The van der Waals surface area contributed by atoms with E-state index in [0.717, 1.165) is 116 Å². The second-order valence-electron chi connectivity index (χ2n) is 20.6. The van der Waals surface area contributed by atoms with Gasteiger partial charge in [-0.2, -0.15) is 0 Å². The number of allylic oxidation sites excluding steroid dienone is 20. The minimum absolute atomic E-state index is 0.106. The highest BCUT2D eigenvalue weighted by Crippen LogP contribution is 2.15. The van der Waals surface area contributed by atoms with E-state index in [1.54, 1.807) is 0 Å². The van der Waals surface area contributed by atoms with Crippen LogP contribution in [0, 0.1) is 0 Å². The molecule has 0 heterocycles. The highest BCUT2D eigenvalue weighted by Gasteiger charge is 2.19. The minimum atomic E-state index is -0.813. The van der Waals surface area contributed by atoms with Crippen LogP contribution >= 0.6 is 0 Å². The fourth-order valence-corrected chi connectivity index (χ4v) is 8.46. The maximum atomic E-state index is 12.9. The zero-order valence-electron chi connectivity index (χ0n) is 49.5. The summed E-state index contributed by atoms with van der Waals surface area (Å²) in [7, 11) is 0. The Kier molecular flexibility index (Phi) is 59.9. The zero-order chi connectivity index (χ0) is 55.0. The average Bonchev–Trinajstić information content (AvgIpc) is 3.42. The highest BCUT2D eigenvalue weighted by atomic mass is 16.6. The Morgan fingerprint density at radius 1 is 0.276 bits per heavy atom. The molecule has 0 spiro atoms. The zero-order valence-corrected chi connectivity index (χ0v) is 49.5. The lowest BCUT2D eigenvalue weighted by molar-refractivity contribution is -0.167. The van der Waals surface area contributed by atoms with E-state index in [1.165, 1.54) is 122 Å². The highest BCUT2D eigenvalue weighted by molar-refractivity contribution is 5.71. The van der Waals surface area contributed by atoms with Crippen LogP contribution < -0.4 is 0 Å². The fourth-order valence-electron chi connectivity index (χ4n) is 8.46. The van der Waals surface area contributed by atoms with Gasteiger partial charge in [0.25, 0.3) is 0 Å². The minimum Gasteiger partial charge on any atom is -0.462 e. The summed E-state index contributed by atoms with van der Waals surface area (Å²) in [6, 6.07) is 0. The van der Waals surface area contributed by atoms with Gasteiger partial charge in [0.2, 0.25) is 0 Å². The molecule has 0 radical (unpaired) electrons. The van der Waals surface area contributed by atoms with Crippen LogP contribution in [-0.4, -0.2) is 37.2 Å². The van der Waals surface area contributed by atoms with Crippen LogP contribution in [0.4, 0.5) is 0 Å². The molecule has 1 unspecified atom stereocenters. The van der Waals surface area contributed by atoms with Crippen LogP contribution in [0.1, 0.15) is 284 Å². The van der Waals surface area contributed by atoms with E-state index in [0.29, 0.717) is 19.3 Å². The third-order valence-electron chi connectivity index (χ3n) is 13.2. The van der Waals surface area contributed by atoms with E-state index >= 15 is 0 Å². The maximum absolute atomic E-state index is 12.9. The van der Waals surface area contributed by atoms with Gasteiger partial charge in [-0.1, -0.05) is 258 Å². The molecule has 6 heteroatoms. The smallest absolute Gasteiger partial charge is 0.306 e. The Hall–Kier alpha value is -4.19. The summed E-state index contributed by atoms with van der Waals surface area (Å²) >= 11 is 0. The summed E-state index contributed by atoms with van der Waals surface area (Å²) in [5.74, 6) is -0.978. The maximum Gasteiger partial charge on any atom is 0.306 e. The molecular formula is C70H116O6. The first-order valence-electron chi connectivity index (χ1n) is 31.5. The Labute approximate surface area is 469 Å². The molecule has 0 aromatic rings. The summed E-state index contributed by atoms with van der Waals surface area (Å²) in [6.45, 7) is 6.46. The number of hydrogen-bond acceptors (Lipinski definition) is 6. The van der Waals surface area contributed by atoms with Gasteiger partial charge in [-0.05, 0) is 128 Å². The van der Waals surface area contributed by atoms with Crippen LogP contribution in [0.2, 0.25) is 0 Å². The first-order valence-corrected chi connectivity index (χ1v) is 31.5. The Balaban J connectivity index is 4.51. The lowest BCUT2D eigenvalue weighted by Gasteiger charge is -2.18. The molecule has 0 aliphatic rings. The number of ether oxygens (including phenoxy) is 3. The number of carbonyl (C=O) groups excluding carboxylic acids is 3. The second-order valence-corrected chi connectivity index (χ2v) is 20.6. The molecule has 76 heavy (non-hydrogen) atoms. The van der Waals surface area contributed by atoms with Crippen molar-refractivity contribution in [2.24, 2.45) is 0 Å². The topological polar surface area (TPSA) is 78.9 Å². The number of rotatable bonds is 56. The lowest BCUT2D eigenvalue weighted by atomic mass is 10.1. The fraction of sp³-hybridized carbons (Fsp3) is 0.671. The average molecular weight is 1050 g/mol. The van der Waals surface area contributed by atoms with Gasteiger partial charge < -0.3 is 14.2 Å². The quantitative estimate of drug-likeness (QED) is 0.0261. The molecule has 1 atom stereocenters. The van der Waals surface area contributed by atoms with Crippen LogP contribution in [0.25, 0.3) is 0 Å². The van der Waals surface area contributed by atoms with Gasteiger partial charge in [0.15, 0.2) is 6.10 Å². The Morgan fingerprint density at radius 3 is 0.882 bits per heavy atom. The van der Waals surface area contributed by atoms with Crippen molar-refractivity contribution in [3.8, 4) is 0 Å². The Bertz CT molecular complexity index is 1590. The normalized spacial score (nSPS) is 12.9. The van der Waals surface area contributed by atoms with Crippen molar-refractivity contribution in [1.29, 1.82) is 0 Å². The molecule has 0 saturated carbocycles. The van der Waals surface area contributed by atoms with E-state index in [1.807, 2.05) is 0 Å². The summed E-state index contributed by atoms with van der Waals surface area (Å²) in [6.07, 6.45) is 87.7. The summed E-state index contributed by atoms with van der Waals surface area (Å²) in [5.41, 5.74) is 0. The number of hydrogen-bond donors (Lipinski definition) is 0. The van der Waals surface area contributed by atoms with Gasteiger partial charge >= 0.3 is 17.9 Å². The van der Waals surface area contributed by atoms with Crippen molar-refractivity contribution < 1.29 is 28.6 Å². The number of esters is 3. The monoisotopic (exact) mass is 1050 g/mol. The third kappa shape index (κ3) is 60.7. The molecule has 6 nitrogen and oxygen atoms in total. The van der Waals surface area contributed by atoms with E-state index in [9.17, 15) is 14.4 Å². The van der Waals surface area contributed by atoms with Crippen molar-refractivity contribution in [2.75, 3.05) is 13.2 Å². The van der Waals surface area contributed by atoms with Crippen LogP contribution in [0.3, 0.4) is 0 Å². The van der Waals surface area contributed by atoms with Crippen molar-refractivity contribution in [3.63, 3.8) is 0 Å². The standard InChI is InChI=1S/C70H116O6/c1-4-7-10-13-16-19-22-25-28-31-33-34-35-36-38-39-42-45-48-51-54-57-60-63-69(72)75-66-67(65-74-68(71)62-59-56-53-50-47-44-41-30-27-24-21-18-15-12-9-6-3)76-70(73)64-61-58-55-52-49-46-43-40-37-32-29-26-23-20-17-14-11-8-5-2/h7,10,16,19,21,24-26,28-30,33-34,36,38,41-42,45,51,54,67H,4-6,8-9,11-15,17-18,20,22-23,27,31-32,35,37,39-40,43-44,46-50,52-53,55-66H2,1-3H3/b10-7-,19-16-,24-21-,28-25-,29-26-,34-33-,38-36-,41-30-,45-42-,54-51-. The molecule has 432 valence electrons. The molecule has 0 aromatic heterocycles. The van der Waals surface area contributed by atoms with Crippen LogP contribution in [0.15, 0.2) is 122 Å². The van der Waals surface area contributed by atoms with Crippen molar-refractivity contribution in [2.45, 2.75) is 290 Å². The molecule has 0 aliphatic carbocycles. The van der Waals surface area contributed by atoms with Gasteiger partial charge in [-0.25, -0.2) is 0 Å².